The van der Waals surface area contributed by atoms with Gasteiger partial charge in [0.15, 0.2) is 0 Å². The SMILES string of the molecule is Cc1cc(C)c(-c2cc(Oc3[c-]c4c(cc3C)C(C)(C)c3cc(C)ccc3N4c3cc(C(C)(C)C)ccn3)[c-]c(C3=N[C@](C)(C(C)C)CO3)c2)c(C)c1.[Pt+2]. The van der Waals surface area contributed by atoms with Crippen LogP contribution in [0.25, 0.3) is 11.1 Å². The number of anilines is 3. The summed E-state index contributed by atoms with van der Waals surface area (Å²) in [5, 5.41) is 0. The predicted octanol–water partition coefficient (Wildman–Crippen LogP) is 12.3. The average Bonchev–Trinajstić information content (AvgIpc) is 3.49. The van der Waals surface area contributed by atoms with Crippen LogP contribution < -0.4 is 9.64 Å². The zero-order valence-electron chi connectivity index (χ0n) is 34.1. The number of aryl methyl sites for hydroxylation is 5. The Hall–Kier alpha value is -4.21. The van der Waals surface area contributed by atoms with Crippen LogP contribution >= 0.6 is 0 Å². The molecule has 5 aromatic rings. The van der Waals surface area contributed by atoms with Gasteiger partial charge in [0.25, 0.3) is 0 Å². The number of rotatable bonds is 6. The number of benzene rings is 4. The van der Waals surface area contributed by atoms with Gasteiger partial charge in [0.05, 0.1) is 5.54 Å². The first kappa shape index (κ1) is 39.5. The third-order valence-electron chi connectivity index (χ3n) is 11.4. The fraction of sp³-hybridized carbons (Fsp3) is 0.375. The van der Waals surface area contributed by atoms with Crippen molar-refractivity contribution in [2.24, 2.45) is 10.9 Å². The van der Waals surface area contributed by atoms with E-state index in [4.69, 9.17) is 19.5 Å². The van der Waals surface area contributed by atoms with E-state index in [0.717, 1.165) is 33.9 Å². The number of nitrogens with zero attached hydrogens (tertiary/aromatic N) is 3. The molecular weight excluding hydrogens is 846 g/mol. The first-order valence-electron chi connectivity index (χ1n) is 18.9. The van der Waals surface area contributed by atoms with Gasteiger partial charge in [-0.1, -0.05) is 120 Å². The molecule has 6 heteroatoms. The van der Waals surface area contributed by atoms with Gasteiger partial charge >= 0.3 is 21.1 Å². The van der Waals surface area contributed by atoms with Gasteiger partial charge < -0.3 is 14.4 Å². The van der Waals surface area contributed by atoms with Crippen LogP contribution in [-0.2, 0) is 36.6 Å². The van der Waals surface area contributed by atoms with Crippen molar-refractivity contribution in [2.45, 2.75) is 106 Å². The van der Waals surface area contributed by atoms with Crippen LogP contribution in [0.2, 0.25) is 0 Å². The van der Waals surface area contributed by atoms with Crippen molar-refractivity contribution in [3.63, 3.8) is 0 Å². The van der Waals surface area contributed by atoms with Gasteiger partial charge in [-0.05, 0) is 97.4 Å². The van der Waals surface area contributed by atoms with E-state index in [-0.39, 0.29) is 37.4 Å². The van der Waals surface area contributed by atoms with Gasteiger partial charge in [-0.3, -0.25) is 4.99 Å². The molecule has 7 rings (SSSR count). The van der Waals surface area contributed by atoms with Gasteiger partial charge in [0, 0.05) is 23.4 Å². The minimum atomic E-state index is -0.303. The first-order valence-corrected chi connectivity index (χ1v) is 18.9. The molecular formula is C48H53N3O2Pt. The minimum Gasteiger partial charge on any atom is -0.518 e. The summed E-state index contributed by atoms with van der Waals surface area (Å²) in [5.74, 6) is 3.02. The number of hydrogen-bond acceptors (Lipinski definition) is 5. The molecule has 5 nitrogen and oxygen atoms in total. The maximum absolute atomic E-state index is 6.91. The van der Waals surface area contributed by atoms with E-state index in [2.05, 4.69) is 168 Å². The Morgan fingerprint density at radius 2 is 1.52 bits per heavy atom. The van der Waals surface area contributed by atoms with Crippen LogP contribution in [-0.4, -0.2) is 23.0 Å². The van der Waals surface area contributed by atoms with Crippen LogP contribution in [0, 0.1) is 52.7 Å². The molecule has 54 heavy (non-hydrogen) atoms. The fourth-order valence-corrected chi connectivity index (χ4v) is 7.79. The molecule has 0 bridgehead atoms. The van der Waals surface area contributed by atoms with Crippen molar-refractivity contribution in [1.82, 2.24) is 4.98 Å². The van der Waals surface area contributed by atoms with Crippen molar-refractivity contribution in [3.05, 3.63) is 129 Å². The van der Waals surface area contributed by atoms with E-state index in [0.29, 0.717) is 29.9 Å². The van der Waals surface area contributed by atoms with E-state index >= 15 is 0 Å². The normalized spacial score (nSPS) is 17.4. The monoisotopic (exact) mass is 898 g/mol. The second kappa shape index (κ2) is 14.1. The predicted molar refractivity (Wildman–Crippen MR) is 219 cm³/mol. The Morgan fingerprint density at radius 1 is 0.815 bits per heavy atom. The summed E-state index contributed by atoms with van der Waals surface area (Å²) in [6, 6.07) is 29.4. The summed E-state index contributed by atoms with van der Waals surface area (Å²) < 4.78 is 13.2. The first-order chi connectivity index (χ1) is 24.9. The van der Waals surface area contributed by atoms with Gasteiger partial charge in [0.2, 0.25) is 0 Å². The van der Waals surface area contributed by atoms with E-state index in [1.807, 2.05) is 6.20 Å². The van der Waals surface area contributed by atoms with Crippen molar-refractivity contribution in [3.8, 4) is 22.6 Å². The number of ether oxygens (including phenoxy) is 2. The van der Waals surface area contributed by atoms with Gasteiger partial charge in [-0.2, -0.15) is 6.07 Å². The maximum atomic E-state index is 6.91. The Morgan fingerprint density at radius 3 is 2.17 bits per heavy atom. The summed E-state index contributed by atoms with van der Waals surface area (Å²) in [6.07, 6.45) is 1.92. The number of fused-ring (bicyclic) bond motifs is 2. The summed E-state index contributed by atoms with van der Waals surface area (Å²) >= 11 is 0. The molecule has 1 atom stereocenters. The molecule has 282 valence electrons. The second-order valence-electron chi connectivity index (χ2n) is 17.4. The number of aromatic nitrogens is 1. The molecule has 4 aromatic carbocycles. The molecule has 0 radical (unpaired) electrons. The zero-order chi connectivity index (χ0) is 38.2. The molecule has 0 saturated carbocycles. The van der Waals surface area contributed by atoms with Crippen molar-refractivity contribution < 1.29 is 30.5 Å². The third kappa shape index (κ3) is 7.05. The summed E-state index contributed by atoms with van der Waals surface area (Å²) in [6.45, 7) is 29.1. The number of pyridine rings is 1. The molecule has 0 unspecified atom stereocenters. The molecule has 2 aliphatic rings. The van der Waals surface area contributed by atoms with Gasteiger partial charge in [0.1, 0.15) is 18.3 Å². The molecule has 0 amide bonds. The molecule has 3 heterocycles. The van der Waals surface area contributed by atoms with Crippen LogP contribution in [0.4, 0.5) is 17.2 Å². The average molecular weight is 899 g/mol. The molecule has 2 aliphatic heterocycles. The Labute approximate surface area is 337 Å². The van der Waals surface area contributed by atoms with E-state index in [1.54, 1.807) is 0 Å². The molecule has 0 aliphatic carbocycles. The van der Waals surface area contributed by atoms with E-state index < -0.39 is 0 Å². The third-order valence-corrected chi connectivity index (χ3v) is 11.4. The largest absolute Gasteiger partial charge is 2.00 e. The number of hydrogen-bond donors (Lipinski definition) is 0. The Kier molecular flexibility index (Phi) is 10.3. The van der Waals surface area contributed by atoms with Crippen molar-refractivity contribution in [1.29, 1.82) is 0 Å². The van der Waals surface area contributed by atoms with Crippen LogP contribution in [0.1, 0.15) is 105 Å². The van der Waals surface area contributed by atoms with E-state index in [1.165, 1.54) is 44.5 Å². The van der Waals surface area contributed by atoms with Gasteiger partial charge in [-0.25, -0.2) is 4.98 Å². The molecule has 1 aromatic heterocycles. The van der Waals surface area contributed by atoms with Crippen LogP contribution in [0.3, 0.4) is 0 Å². The quantitative estimate of drug-likeness (QED) is 0.159. The van der Waals surface area contributed by atoms with Crippen molar-refractivity contribution in [2.75, 3.05) is 11.5 Å². The summed E-state index contributed by atoms with van der Waals surface area (Å²) in [4.78, 5) is 12.3. The summed E-state index contributed by atoms with van der Waals surface area (Å²) in [5.41, 5.74) is 13.9. The zero-order valence-corrected chi connectivity index (χ0v) is 36.4. The smallest absolute Gasteiger partial charge is 0.518 e. The minimum absolute atomic E-state index is 0. The maximum Gasteiger partial charge on any atom is 2.00 e. The molecule has 0 saturated heterocycles. The molecule has 0 N–H and O–H groups in total. The number of aliphatic imine (C=N–C) groups is 1. The molecule has 0 spiro atoms. The second-order valence-corrected chi connectivity index (χ2v) is 17.4. The molecule has 0 fully saturated rings. The standard InChI is InChI=1S/C48H53N3O2.Pt/c1-28(2)48(13)27-52-45(50-48)35-22-34(44-32(6)18-30(4)19-33(44)7)23-37(24-35)53-42-26-41-39(21-31(42)5)47(11,12)38-20-29(3)14-15-40(38)51(41)43-25-36(16-17-49-43)46(8,9)10;/h14-23,25,28H,27H2,1-13H3;/q-2;+2/t48-;/m0./s1. The van der Waals surface area contributed by atoms with Gasteiger partial charge in [-0.15, -0.1) is 23.3 Å². The fourth-order valence-electron chi connectivity index (χ4n) is 7.79. The van der Waals surface area contributed by atoms with E-state index in [9.17, 15) is 0 Å². The van der Waals surface area contributed by atoms with Crippen LogP contribution in [0.15, 0.2) is 71.9 Å². The Balaban J connectivity index is 0.00000497. The van der Waals surface area contributed by atoms with Crippen LogP contribution in [0.5, 0.6) is 11.5 Å². The topological polar surface area (TPSA) is 47.0 Å². The Bertz CT molecular complexity index is 2270. The summed E-state index contributed by atoms with van der Waals surface area (Å²) in [7, 11) is 0. The van der Waals surface area contributed by atoms with Crippen molar-refractivity contribution >= 4 is 23.1 Å².